The number of nitrogens with zero attached hydrogens (tertiary/aromatic N) is 1. The summed E-state index contributed by atoms with van der Waals surface area (Å²) in [6.45, 7) is 2.52. The van der Waals surface area contributed by atoms with E-state index in [2.05, 4.69) is 11.4 Å². The number of benzene rings is 1. The molecule has 0 atom stereocenters. The first kappa shape index (κ1) is 17.5. The summed E-state index contributed by atoms with van der Waals surface area (Å²) in [6, 6.07) is 9.38. The number of ether oxygens (including phenoxy) is 1. The van der Waals surface area contributed by atoms with E-state index in [1.165, 1.54) is 17.7 Å². The Kier molecular flexibility index (Phi) is 5.72. The highest BCUT2D eigenvalue weighted by Crippen LogP contribution is 2.36. The summed E-state index contributed by atoms with van der Waals surface area (Å²) >= 11 is 1.56. The van der Waals surface area contributed by atoms with Crippen molar-refractivity contribution in [3.8, 4) is 11.8 Å². The lowest BCUT2D eigenvalue weighted by Crippen LogP contribution is -2.11. The van der Waals surface area contributed by atoms with Crippen molar-refractivity contribution in [1.82, 2.24) is 0 Å². The Morgan fingerprint density at radius 1 is 1.20 bits per heavy atom. The quantitative estimate of drug-likeness (QED) is 0.847. The zero-order valence-electron chi connectivity index (χ0n) is 14.4. The number of anilines is 1. The third kappa shape index (κ3) is 4.02. The van der Waals surface area contributed by atoms with Crippen LogP contribution in [-0.4, -0.2) is 12.5 Å². The van der Waals surface area contributed by atoms with Gasteiger partial charge in [-0.1, -0.05) is 12.8 Å². The SMILES string of the molecule is CCOc1ccc(C(=O)Nc2sc3c(c2C#N)CCCCCC3)cc1. The fraction of sp³-hybridized carbons (Fsp3) is 0.400. The van der Waals surface area contributed by atoms with E-state index in [4.69, 9.17) is 4.74 Å². The van der Waals surface area contributed by atoms with E-state index < -0.39 is 0 Å². The van der Waals surface area contributed by atoms with Crippen LogP contribution in [0, 0.1) is 11.3 Å². The maximum Gasteiger partial charge on any atom is 0.256 e. The smallest absolute Gasteiger partial charge is 0.256 e. The largest absolute Gasteiger partial charge is 0.494 e. The van der Waals surface area contributed by atoms with Gasteiger partial charge < -0.3 is 10.1 Å². The molecule has 0 bridgehead atoms. The first-order valence-electron chi connectivity index (χ1n) is 8.81. The molecule has 1 aliphatic rings. The summed E-state index contributed by atoms with van der Waals surface area (Å²) in [7, 11) is 0. The number of carbonyl (C=O) groups excluding carboxylic acids is 1. The molecule has 1 N–H and O–H groups in total. The topological polar surface area (TPSA) is 62.1 Å². The second kappa shape index (κ2) is 8.17. The number of hydrogen-bond acceptors (Lipinski definition) is 4. The normalized spacial score (nSPS) is 13.9. The highest BCUT2D eigenvalue weighted by molar-refractivity contribution is 7.16. The molecule has 130 valence electrons. The molecule has 0 saturated heterocycles. The average molecular weight is 354 g/mol. The van der Waals surface area contributed by atoms with E-state index in [1.54, 1.807) is 35.6 Å². The Balaban J connectivity index is 1.81. The van der Waals surface area contributed by atoms with Gasteiger partial charge in [0.15, 0.2) is 0 Å². The number of rotatable bonds is 4. The number of nitrogens with one attached hydrogen (secondary N) is 1. The molecule has 1 amide bonds. The Hall–Kier alpha value is -2.32. The number of fused-ring (bicyclic) bond motifs is 1. The summed E-state index contributed by atoms with van der Waals surface area (Å²) in [4.78, 5) is 13.8. The molecular formula is C20H22N2O2S. The molecule has 1 aliphatic carbocycles. The van der Waals surface area contributed by atoms with Crippen LogP contribution in [0.2, 0.25) is 0 Å². The Morgan fingerprint density at radius 3 is 2.60 bits per heavy atom. The van der Waals surface area contributed by atoms with Crippen molar-refractivity contribution in [1.29, 1.82) is 5.26 Å². The minimum Gasteiger partial charge on any atom is -0.494 e. The van der Waals surface area contributed by atoms with Crippen LogP contribution in [-0.2, 0) is 12.8 Å². The number of amides is 1. The average Bonchev–Trinajstić information content (AvgIpc) is 2.91. The Labute approximate surface area is 152 Å². The molecular weight excluding hydrogens is 332 g/mol. The summed E-state index contributed by atoms with van der Waals surface area (Å²) in [6.07, 6.45) is 6.68. The van der Waals surface area contributed by atoms with Gasteiger partial charge in [0.1, 0.15) is 16.8 Å². The van der Waals surface area contributed by atoms with Crippen molar-refractivity contribution in [2.45, 2.75) is 45.4 Å². The molecule has 0 aliphatic heterocycles. The lowest BCUT2D eigenvalue weighted by Gasteiger charge is -2.08. The number of hydrogen-bond donors (Lipinski definition) is 1. The third-order valence-corrected chi connectivity index (χ3v) is 5.64. The van der Waals surface area contributed by atoms with Gasteiger partial charge >= 0.3 is 0 Å². The lowest BCUT2D eigenvalue weighted by molar-refractivity contribution is 0.102. The first-order valence-corrected chi connectivity index (χ1v) is 9.63. The molecule has 1 heterocycles. The maximum absolute atomic E-state index is 12.5. The predicted molar refractivity (Wildman–Crippen MR) is 100 cm³/mol. The van der Waals surface area contributed by atoms with Crippen LogP contribution in [0.1, 0.15) is 59.0 Å². The van der Waals surface area contributed by atoms with Crippen LogP contribution >= 0.6 is 11.3 Å². The highest BCUT2D eigenvalue weighted by atomic mass is 32.1. The zero-order valence-corrected chi connectivity index (χ0v) is 15.2. The number of nitriles is 1. The van der Waals surface area contributed by atoms with Gasteiger partial charge in [-0.2, -0.15) is 5.26 Å². The first-order chi connectivity index (χ1) is 12.2. The summed E-state index contributed by atoms with van der Waals surface area (Å²) in [5.74, 6) is 0.560. The molecule has 1 aromatic carbocycles. The fourth-order valence-corrected chi connectivity index (χ4v) is 4.41. The third-order valence-electron chi connectivity index (χ3n) is 4.44. The van der Waals surface area contributed by atoms with Crippen molar-refractivity contribution in [2.75, 3.05) is 11.9 Å². The van der Waals surface area contributed by atoms with E-state index in [-0.39, 0.29) is 5.91 Å². The highest BCUT2D eigenvalue weighted by Gasteiger charge is 2.20. The molecule has 0 fully saturated rings. The summed E-state index contributed by atoms with van der Waals surface area (Å²) in [5.41, 5.74) is 2.36. The van der Waals surface area contributed by atoms with Gasteiger partial charge in [-0.3, -0.25) is 4.79 Å². The number of aryl methyl sites for hydroxylation is 1. The van der Waals surface area contributed by atoms with Crippen molar-refractivity contribution < 1.29 is 9.53 Å². The Bertz CT molecular complexity index is 787. The van der Waals surface area contributed by atoms with Gasteiger partial charge in [-0.05, 0) is 62.4 Å². The molecule has 0 radical (unpaired) electrons. The lowest BCUT2D eigenvalue weighted by atomic mass is 9.97. The van der Waals surface area contributed by atoms with E-state index in [1.807, 2.05) is 6.92 Å². The summed E-state index contributed by atoms with van der Waals surface area (Å²) in [5, 5.41) is 13.2. The number of carbonyl (C=O) groups is 1. The minimum absolute atomic E-state index is 0.186. The van der Waals surface area contributed by atoms with Crippen molar-refractivity contribution in [2.24, 2.45) is 0 Å². The molecule has 2 aromatic rings. The molecule has 25 heavy (non-hydrogen) atoms. The number of thiophene rings is 1. The van der Waals surface area contributed by atoms with E-state index in [0.717, 1.165) is 37.0 Å². The van der Waals surface area contributed by atoms with Gasteiger partial charge in [0, 0.05) is 10.4 Å². The molecule has 3 rings (SSSR count). The molecule has 0 unspecified atom stereocenters. The van der Waals surface area contributed by atoms with Crippen molar-refractivity contribution in [3.05, 3.63) is 45.8 Å². The predicted octanol–water partition coefficient (Wildman–Crippen LogP) is 4.93. The van der Waals surface area contributed by atoms with Gasteiger partial charge in [0.2, 0.25) is 0 Å². The molecule has 4 nitrogen and oxygen atoms in total. The molecule has 1 aromatic heterocycles. The van der Waals surface area contributed by atoms with Gasteiger partial charge in [-0.15, -0.1) is 11.3 Å². The van der Waals surface area contributed by atoms with E-state index in [9.17, 15) is 10.1 Å². The van der Waals surface area contributed by atoms with Crippen LogP contribution in [0.15, 0.2) is 24.3 Å². The molecule has 0 spiro atoms. The van der Waals surface area contributed by atoms with Crippen LogP contribution < -0.4 is 10.1 Å². The molecule has 0 saturated carbocycles. The zero-order chi connectivity index (χ0) is 17.6. The second-order valence-corrected chi connectivity index (χ2v) is 7.25. The van der Waals surface area contributed by atoms with Crippen LogP contribution in [0.5, 0.6) is 5.75 Å². The minimum atomic E-state index is -0.186. The van der Waals surface area contributed by atoms with Gasteiger partial charge in [-0.25, -0.2) is 0 Å². The van der Waals surface area contributed by atoms with E-state index >= 15 is 0 Å². The standard InChI is InChI=1S/C20H22N2O2S/c1-2-24-15-11-9-14(10-12-15)19(23)22-20-17(13-21)16-7-5-3-4-6-8-18(16)25-20/h9-12H,2-8H2,1H3,(H,22,23). The van der Waals surface area contributed by atoms with Crippen LogP contribution in [0.4, 0.5) is 5.00 Å². The van der Waals surface area contributed by atoms with Crippen molar-refractivity contribution >= 4 is 22.2 Å². The van der Waals surface area contributed by atoms with Crippen LogP contribution in [0.3, 0.4) is 0 Å². The van der Waals surface area contributed by atoms with Crippen molar-refractivity contribution in [3.63, 3.8) is 0 Å². The van der Waals surface area contributed by atoms with Gasteiger partial charge in [0.05, 0.1) is 12.2 Å². The Morgan fingerprint density at radius 2 is 1.92 bits per heavy atom. The van der Waals surface area contributed by atoms with E-state index in [0.29, 0.717) is 22.7 Å². The fourth-order valence-electron chi connectivity index (χ4n) is 3.17. The second-order valence-electron chi connectivity index (χ2n) is 6.15. The molecule has 5 heteroatoms. The van der Waals surface area contributed by atoms with Crippen LogP contribution in [0.25, 0.3) is 0 Å². The maximum atomic E-state index is 12.5. The van der Waals surface area contributed by atoms with Gasteiger partial charge in [0.25, 0.3) is 5.91 Å². The summed E-state index contributed by atoms with van der Waals surface area (Å²) < 4.78 is 5.40. The monoisotopic (exact) mass is 354 g/mol.